The maximum Gasteiger partial charge on any atom is 0.317 e. The van der Waals surface area contributed by atoms with Gasteiger partial charge in [0, 0.05) is 23.3 Å². The molecule has 1 aromatic rings. The van der Waals surface area contributed by atoms with Gasteiger partial charge in [0.1, 0.15) is 0 Å². The zero-order valence-corrected chi connectivity index (χ0v) is 10.9. The summed E-state index contributed by atoms with van der Waals surface area (Å²) in [6, 6.07) is 3.98. The van der Waals surface area contributed by atoms with Crippen molar-refractivity contribution in [2.24, 2.45) is 0 Å². The summed E-state index contributed by atoms with van der Waals surface area (Å²) in [7, 11) is 0. The highest BCUT2D eigenvalue weighted by molar-refractivity contribution is 9.10. The fourth-order valence-corrected chi connectivity index (χ4v) is 1.54. The van der Waals surface area contributed by atoms with Crippen LogP contribution in [0.3, 0.4) is 0 Å². The van der Waals surface area contributed by atoms with Gasteiger partial charge in [0.25, 0.3) is 0 Å². The van der Waals surface area contributed by atoms with E-state index in [9.17, 15) is 4.79 Å². The van der Waals surface area contributed by atoms with Crippen molar-refractivity contribution >= 4 is 21.9 Å². The number of hydrogen-bond acceptors (Lipinski definition) is 3. The van der Waals surface area contributed by atoms with Crippen LogP contribution in [0.15, 0.2) is 22.8 Å². The standard InChI is InChI=1S/C11H15BrN2O2/c1-8(2)14(7-11(15)16)6-10-4-3-9(12)5-13-10/h3-5,8H,6-7H2,1-2H3,(H,15,16). The second kappa shape index (κ2) is 5.96. The summed E-state index contributed by atoms with van der Waals surface area (Å²) in [6.07, 6.45) is 1.72. The minimum absolute atomic E-state index is 0.0371. The average molecular weight is 287 g/mol. The third-order valence-electron chi connectivity index (χ3n) is 2.22. The maximum absolute atomic E-state index is 10.7. The van der Waals surface area contributed by atoms with E-state index in [1.54, 1.807) is 6.20 Å². The number of aliphatic carboxylic acids is 1. The predicted octanol–water partition coefficient (Wildman–Crippen LogP) is 2.14. The van der Waals surface area contributed by atoms with Gasteiger partial charge in [-0.05, 0) is 41.9 Å². The van der Waals surface area contributed by atoms with E-state index in [0.717, 1.165) is 10.2 Å². The van der Waals surface area contributed by atoms with Gasteiger partial charge in [0.15, 0.2) is 0 Å². The number of rotatable bonds is 5. The SMILES string of the molecule is CC(C)N(CC(=O)O)Cc1ccc(Br)cn1. The van der Waals surface area contributed by atoms with Gasteiger partial charge in [-0.25, -0.2) is 0 Å². The average Bonchev–Trinajstić information content (AvgIpc) is 2.19. The fraction of sp³-hybridized carbons (Fsp3) is 0.455. The molecule has 0 unspecified atom stereocenters. The fourth-order valence-electron chi connectivity index (χ4n) is 1.30. The maximum atomic E-state index is 10.7. The third kappa shape index (κ3) is 4.28. The Hall–Kier alpha value is -0.940. The molecule has 5 heteroatoms. The topological polar surface area (TPSA) is 53.4 Å². The molecule has 0 radical (unpaired) electrons. The summed E-state index contributed by atoms with van der Waals surface area (Å²) in [4.78, 5) is 16.8. The highest BCUT2D eigenvalue weighted by Gasteiger charge is 2.14. The smallest absolute Gasteiger partial charge is 0.317 e. The normalized spacial score (nSPS) is 11.1. The minimum atomic E-state index is -0.814. The number of hydrogen-bond donors (Lipinski definition) is 1. The first-order chi connectivity index (χ1) is 7.49. The summed E-state index contributed by atoms with van der Waals surface area (Å²) < 4.78 is 0.922. The van der Waals surface area contributed by atoms with E-state index < -0.39 is 5.97 Å². The summed E-state index contributed by atoms with van der Waals surface area (Å²) in [6.45, 7) is 4.54. The van der Waals surface area contributed by atoms with Crippen LogP contribution in [-0.2, 0) is 11.3 Å². The van der Waals surface area contributed by atoms with Crippen LogP contribution in [0.25, 0.3) is 0 Å². The van der Waals surface area contributed by atoms with Gasteiger partial charge in [-0.2, -0.15) is 0 Å². The van der Waals surface area contributed by atoms with Crippen LogP contribution in [0.5, 0.6) is 0 Å². The molecule has 1 N–H and O–H groups in total. The highest BCUT2D eigenvalue weighted by atomic mass is 79.9. The number of halogens is 1. The number of nitrogens with zero attached hydrogens (tertiary/aromatic N) is 2. The molecule has 16 heavy (non-hydrogen) atoms. The van der Waals surface area contributed by atoms with Crippen LogP contribution < -0.4 is 0 Å². The van der Waals surface area contributed by atoms with E-state index in [1.807, 2.05) is 30.9 Å². The molecule has 4 nitrogen and oxygen atoms in total. The molecule has 1 aromatic heterocycles. The molecule has 0 atom stereocenters. The third-order valence-corrected chi connectivity index (χ3v) is 2.69. The molecule has 88 valence electrons. The van der Waals surface area contributed by atoms with Crippen LogP contribution in [-0.4, -0.2) is 33.5 Å². The number of carbonyl (C=O) groups is 1. The highest BCUT2D eigenvalue weighted by Crippen LogP contribution is 2.10. The second-order valence-corrected chi connectivity index (χ2v) is 4.78. The number of aromatic nitrogens is 1. The first-order valence-electron chi connectivity index (χ1n) is 5.05. The van der Waals surface area contributed by atoms with Crippen molar-refractivity contribution in [2.45, 2.75) is 26.4 Å². The van der Waals surface area contributed by atoms with Crippen molar-refractivity contribution in [1.82, 2.24) is 9.88 Å². The van der Waals surface area contributed by atoms with E-state index in [4.69, 9.17) is 5.11 Å². The Labute approximate surface area is 103 Å². The van der Waals surface area contributed by atoms with Crippen molar-refractivity contribution < 1.29 is 9.90 Å². The van der Waals surface area contributed by atoms with Crippen LogP contribution in [0.2, 0.25) is 0 Å². The molecular formula is C11H15BrN2O2. The van der Waals surface area contributed by atoms with E-state index in [1.165, 1.54) is 0 Å². The Kier molecular flexibility index (Phi) is 4.89. The monoisotopic (exact) mass is 286 g/mol. The van der Waals surface area contributed by atoms with E-state index in [2.05, 4.69) is 20.9 Å². The van der Waals surface area contributed by atoms with Crippen LogP contribution >= 0.6 is 15.9 Å². The molecule has 0 saturated heterocycles. The van der Waals surface area contributed by atoms with Gasteiger partial charge in [-0.3, -0.25) is 14.7 Å². The Bertz CT molecular complexity index is 352. The van der Waals surface area contributed by atoms with E-state index in [0.29, 0.717) is 6.54 Å². The Morgan fingerprint density at radius 2 is 2.25 bits per heavy atom. The molecule has 1 heterocycles. The van der Waals surface area contributed by atoms with Gasteiger partial charge < -0.3 is 5.11 Å². The Morgan fingerprint density at radius 1 is 1.56 bits per heavy atom. The Balaban J connectivity index is 2.67. The largest absolute Gasteiger partial charge is 0.480 e. The molecule has 0 spiro atoms. The molecular weight excluding hydrogens is 272 g/mol. The summed E-state index contributed by atoms with van der Waals surface area (Å²) in [5, 5.41) is 8.79. The van der Waals surface area contributed by atoms with Crippen molar-refractivity contribution in [3.8, 4) is 0 Å². The first kappa shape index (κ1) is 13.1. The molecule has 0 bridgehead atoms. The molecule has 1 rings (SSSR count). The second-order valence-electron chi connectivity index (χ2n) is 3.86. The first-order valence-corrected chi connectivity index (χ1v) is 5.84. The van der Waals surface area contributed by atoms with E-state index >= 15 is 0 Å². The number of pyridine rings is 1. The lowest BCUT2D eigenvalue weighted by molar-refractivity contribution is -0.138. The summed E-state index contributed by atoms with van der Waals surface area (Å²) in [5.41, 5.74) is 0.873. The van der Waals surface area contributed by atoms with Gasteiger partial charge >= 0.3 is 5.97 Å². The van der Waals surface area contributed by atoms with Crippen LogP contribution in [0.1, 0.15) is 19.5 Å². The van der Waals surface area contributed by atoms with Gasteiger partial charge in [0.05, 0.1) is 12.2 Å². The molecule has 0 aliphatic carbocycles. The van der Waals surface area contributed by atoms with Gasteiger partial charge in [0.2, 0.25) is 0 Å². The zero-order chi connectivity index (χ0) is 12.1. The van der Waals surface area contributed by atoms with Crippen LogP contribution in [0, 0.1) is 0 Å². The lowest BCUT2D eigenvalue weighted by atomic mass is 10.2. The summed E-state index contributed by atoms with van der Waals surface area (Å²) in [5.74, 6) is -0.814. The lowest BCUT2D eigenvalue weighted by Crippen LogP contribution is -2.35. The van der Waals surface area contributed by atoms with Crippen LogP contribution in [0.4, 0.5) is 0 Å². The molecule has 0 amide bonds. The Morgan fingerprint density at radius 3 is 2.69 bits per heavy atom. The van der Waals surface area contributed by atoms with Crippen molar-refractivity contribution in [3.05, 3.63) is 28.5 Å². The van der Waals surface area contributed by atoms with Crippen molar-refractivity contribution in [1.29, 1.82) is 0 Å². The summed E-state index contributed by atoms with van der Waals surface area (Å²) >= 11 is 3.31. The van der Waals surface area contributed by atoms with Gasteiger partial charge in [-0.1, -0.05) is 0 Å². The van der Waals surface area contributed by atoms with E-state index in [-0.39, 0.29) is 12.6 Å². The zero-order valence-electron chi connectivity index (χ0n) is 9.35. The number of carboxylic acid groups (broad SMARTS) is 1. The minimum Gasteiger partial charge on any atom is -0.480 e. The van der Waals surface area contributed by atoms with Crippen molar-refractivity contribution in [3.63, 3.8) is 0 Å². The lowest BCUT2D eigenvalue weighted by Gasteiger charge is -2.23. The molecule has 0 aliphatic rings. The van der Waals surface area contributed by atoms with Gasteiger partial charge in [-0.15, -0.1) is 0 Å². The molecule has 0 saturated carbocycles. The molecule has 0 fully saturated rings. The van der Waals surface area contributed by atoms with Crippen molar-refractivity contribution in [2.75, 3.05) is 6.54 Å². The quantitative estimate of drug-likeness (QED) is 0.901. The molecule has 0 aliphatic heterocycles. The molecule has 0 aromatic carbocycles. The predicted molar refractivity (Wildman–Crippen MR) is 65.1 cm³/mol. The number of carboxylic acids is 1.